The SMILES string of the molecule is CCc1cnn2c(NCc3ccc(=O)n(C4CC4)c3)cc(N3CCCC[C@H]3CCO)nc12. The van der Waals surface area contributed by atoms with Gasteiger partial charge in [0, 0.05) is 55.7 Å². The topological polar surface area (TPSA) is 87.7 Å². The molecule has 0 spiro atoms. The highest BCUT2D eigenvalue weighted by Gasteiger charge is 2.26. The Bertz CT molecular complexity index is 1150. The van der Waals surface area contributed by atoms with Gasteiger partial charge in [0.05, 0.1) is 6.20 Å². The van der Waals surface area contributed by atoms with Gasteiger partial charge >= 0.3 is 0 Å². The number of hydrogen-bond donors (Lipinski definition) is 2. The number of aromatic nitrogens is 4. The summed E-state index contributed by atoms with van der Waals surface area (Å²) >= 11 is 0. The molecule has 0 bridgehead atoms. The standard InChI is InChI=1S/C24H32N6O2/c1-2-18-15-26-30-21(25-14-17-6-9-23(32)29(16-17)20-7-8-20)13-22(27-24(18)30)28-11-4-3-5-19(28)10-12-31/h6,9,13,15-16,19-20,25,31H,2-5,7-8,10-12,14H2,1H3/t19-/m0/s1. The van der Waals surface area contributed by atoms with Crippen molar-refractivity contribution in [2.75, 3.05) is 23.4 Å². The number of hydrogen-bond acceptors (Lipinski definition) is 6. The quantitative estimate of drug-likeness (QED) is 0.564. The van der Waals surface area contributed by atoms with Gasteiger partial charge in [-0.25, -0.2) is 4.98 Å². The molecule has 1 saturated heterocycles. The first-order valence-electron chi connectivity index (χ1n) is 11.9. The molecule has 5 rings (SSSR count). The third-order valence-electron chi connectivity index (χ3n) is 6.71. The van der Waals surface area contributed by atoms with Crippen LogP contribution in [0.25, 0.3) is 5.65 Å². The first-order chi connectivity index (χ1) is 15.7. The Morgan fingerprint density at radius 1 is 1.22 bits per heavy atom. The molecule has 8 nitrogen and oxygen atoms in total. The molecule has 0 radical (unpaired) electrons. The summed E-state index contributed by atoms with van der Waals surface area (Å²) in [6, 6.07) is 6.32. The van der Waals surface area contributed by atoms with Gasteiger partial charge in [-0.2, -0.15) is 9.61 Å². The van der Waals surface area contributed by atoms with Gasteiger partial charge in [0.1, 0.15) is 11.6 Å². The zero-order chi connectivity index (χ0) is 22.1. The normalized spacial score (nSPS) is 18.9. The lowest BCUT2D eigenvalue weighted by Gasteiger charge is -2.36. The fourth-order valence-corrected chi connectivity index (χ4v) is 4.75. The van der Waals surface area contributed by atoms with Crippen LogP contribution in [0.4, 0.5) is 11.6 Å². The summed E-state index contributed by atoms with van der Waals surface area (Å²) in [5, 5.41) is 17.7. The Labute approximate surface area is 187 Å². The van der Waals surface area contributed by atoms with Crippen LogP contribution < -0.4 is 15.8 Å². The maximum atomic E-state index is 12.1. The number of pyridine rings is 1. The zero-order valence-electron chi connectivity index (χ0n) is 18.7. The summed E-state index contributed by atoms with van der Waals surface area (Å²) < 4.78 is 3.74. The lowest BCUT2D eigenvalue weighted by Crippen LogP contribution is -2.40. The number of aliphatic hydroxyl groups is 1. The van der Waals surface area contributed by atoms with E-state index in [1.807, 2.05) is 27.5 Å². The number of aliphatic hydroxyl groups excluding tert-OH is 1. The minimum atomic E-state index is 0.0736. The summed E-state index contributed by atoms with van der Waals surface area (Å²) in [7, 11) is 0. The van der Waals surface area contributed by atoms with Gasteiger partial charge in [-0.1, -0.05) is 13.0 Å². The van der Waals surface area contributed by atoms with Gasteiger partial charge in [0.15, 0.2) is 5.65 Å². The van der Waals surface area contributed by atoms with Crippen LogP contribution in [0, 0.1) is 0 Å². The van der Waals surface area contributed by atoms with Gasteiger partial charge in [-0.3, -0.25) is 4.79 Å². The predicted octanol–water partition coefficient (Wildman–Crippen LogP) is 3.14. The molecule has 2 N–H and O–H groups in total. The molecule has 2 aliphatic rings. The smallest absolute Gasteiger partial charge is 0.250 e. The Morgan fingerprint density at radius 3 is 2.88 bits per heavy atom. The van der Waals surface area contributed by atoms with E-state index in [4.69, 9.17) is 4.98 Å². The van der Waals surface area contributed by atoms with Crippen molar-refractivity contribution in [3.05, 3.63) is 52.1 Å². The molecule has 1 atom stereocenters. The number of aryl methyl sites for hydroxylation is 1. The Morgan fingerprint density at radius 2 is 2.09 bits per heavy atom. The minimum absolute atomic E-state index is 0.0736. The Kier molecular flexibility index (Phi) is 5.87. The second-order valence-corrected chi connectivity index (χ2v) is 8.98. The number of nitrogens with zero attached hydrogens (tertiary/aromatic N) is 5. The van der Waals surface area contributed by atoms with Crippen LogP contribution in [0.5, 0.6) is 0 Å². The molecule has 170 valence electrons. The molecule has 3 aromatic rings. The van der Waals surface area contributed by atoms with Crippen molar-refractivity contribution < 1.29 is 5.11 Å². The van der Waals surface area contributed by atoms with Crippen molar-refractivity contribution in [2.24, 2.45) is 0 Å². The van der Waals surface area contributed by atoms with Gasteiger partial charge < -0.3 is 19.9 Å². The fraction of sp³-hybridized carbons (Fsp3) is 0.542. The maximum absolute atomic E-state index is 12.1. The molecule has 0 unspecified atom stereocenters. The van der Waals surface area contributed by atoms with E-state index in [2.05, 4.69) is 28.3 Å². The number of nitrogens with one attached hydrogen (secondary N) is 1. The van der Waals surface area contributed by atoms with Crippen molar-refractivity contribution in [1.29, 1.82) is 0 Å². The van der Waals surface area contributed by atoms with Crippen LogP contribution in [-0.4, -0.2) is 43.5 Å². The van der Waals surface area contributed by atoms with E-state index in [-0.39, 0.29) is 12.2 Å². The van der Waals surface area contributed by atoms with Crippen LogP contribution in [0.2, 0.25) is 0 Å². The molecule has 0 amide bonds. The van der Waals surface area contributed by atoms with Crippen molar-refractivity contribution in [1.82, 2.24) is 19.2 Å². The number of anilines is 2. The third kappa shape index (κ3) is 4.11. The molecule has 4 heterocycles. The van der Waals surface area contributed by atoms with E-state index in [1.54, 1.807) is 6.07 Å². The Hall–Kier alpha value is -2.87. The average molecular weight is 437 g/mol. The summed E-state index contributed by atoms with van der Waals surface area (Å²) in [5.41, 5.74) is 3.14. The van der Waals surface area contributed by atoms with E-state index in [1.165, 1.54) is 6.42 Å². The van der Waals surface area contributed by atoms with E-state index in [0.717, 1.165) is 73.5 Å². The van der Waals surface area contributed by atoms with Crippen molar-refractivity contribution in [3.63, 3.8) is 0 Å². The number of rotatable bonds is 8. The van der Waals surface area contributed by atoms with Crippen LogP contribution >= 0.6 is 0 Å². The van der Waals surface area contributed by atoms with Crippen LogP contribution in [0.15, 0.2) is 35.4 Å². The summed E-state index contributed by atoms with van der Waals surface area (Å²) in [6.45, 7) is 3.87. The fourth-order valence-electron chi connectivity index (χ4n) is 4.75. The molecular weight excluding hydrogens is 404 g/mol. The third-order valence-corrected chi connectivity index (χ3v) is 6.71. The van der Waals surface area contributed by atoms with Gasteiger partial charge in [-0.05, 0) is 50.5 Å². The van der Waals surface area contributed by atoms with E-state index in [0.29, 0.717) is 18.6 Å². The molecule has 8 heteroatoms. The lowest BCUT2D eigenvalue weighted by atomic mass is 9.99. The molecule has 1 aliphatic heterocycles. The van der Waals surface area contributed by atoms with E-state index < -0.39 is 0 Å². The minimum Gasteiger partial charge on any atom is -0.396 e. The van der Waals surface area contributed by atoms with E-state index in [9.17, 15) is 9.90 Å². The van der Waals surface area contributed by atoms with Crippen molar-refractivity contribution in [2.45, 2.75) is 70.5 Å². The molecule has 1 aliphatic carbocycles. The highest BCUT2D eigenvalue weighted by atomic mass is 16.3. The summed E-state index contributed by atoms with van der Waals surface area (Å²) in [5.74, 6) is 1.83. The first kappa shape index (κ1) is 21.0. The highest BCUT2D eigenvalue weighted by molar-refractivity contribution is 5.61. The number of piperidine rings is 1. The van der Waals surface area contributed by atoms with E-state index >= 15 is 0 Å². The molecule has 1 saturated carbocycles. The average Bonchev–Trinajstić information content (AvgIpc) is 3.57. The van der Waals surface area contributed by atoms with Crippen LogP contribution in [0.3, 0.4) is 0 Å². The van der Waals surface area contributed by atoms with Gasteiger partial charge in [-0.15, -0.1) is 0 Å². The van der Waals surface area contributed by atoms with Crippen molar-refractivity contribution in [3.8, 4) is 0 Å². The first-order valence-corrected chi connectivity index (χ1v) is 11.9. The van der Waals surface area contributed by atoms with Crippen molar-refractivity contribution >= 4 is 17.3 Å². The second-order valence-electron chi connectivity index (χ2n) is 8.98. The monoisotopic (exact) mass is 436 g/mol. The Balaban J connectivity index is 1.47. The molecule has 3 aromatic heterocycles. The highest BCUT2D eigenvalue weighted by Crippen LogP contribution is 2.33. The van der Waals surface area contributed by atoms with Crippen LogP contribution in [-0.2, 0) is 13.0 Å². The largest absolute Gasteiger partial charge is 0.396 e. The summed E-state index contributed by atoms with van der Waals surface area (Å²) in [6.07, 6.45) is 11.1. The van der Waals surface area contributed by atoms with Gasteiger partial charge in [0.2, 0.25) is 0 Å². The number of fused-ring (bicyclic) bond motifs is 1. The molecule has 2 fully saturated rings. The second kappa shape index (κ2) is 8.94. The molecule has 0 aromatic carbocycles. The maximum Gasteiger partial charge on any atom is 0.250 e. The molecular formula is C24H32N6O2. The summed E-state index contributed by atoms with van der Waals surface area (Å²) in [4.78, 5) is 19.5. The zero-order valence-corrected chi connectivity index (χ0v) is 18.7. The molecule has 32 heavy (non-hydrogen) atoms. The lowest BCUT2D eigenvalue weighted by molar-refractivity contribution is 0.262. The van der Waals surface area contributed by atoms with Crippen LogP contribution in [0.1, 0.15) is 62.6 Å². The van der Waals surface area contributed by atoms with Gasteiger partial charge in [0.25, 0.3) is 5.56 Å². The predicted molar refractivity (Wildman–Crippen MR) is 125 cm³/mol.